The number of aromatic amines is 1. The first-order valence-electron chi connectivity index (χ1n) is 10.8. The van der Waals surface area contributed by atoms with Gasteiger partial charge in [-0.3, -0.25) is 0 Å². The Morgan fingerprint density at radius 2 is 1.74 bits per heavy atom. The van der Waals surface area contributed by atoms with E-state index < -0.39 is 18.0 Å². The average Bonchev–Trinajstić information content (AvgIpc) is 3.43. The van der Waals surface area contributed by atoms with Crippen LogP contribution in [0.3, 0.4) is 0 Å². The van der Waals surface area contributed by atoms with Gasteiger partial charge in [0, 0.05) is 40.4 Å². The predicted octanol–water partition coefficient (Wildman–Crippen LogP) is 4.98. The lowest BCUT2D eigenvalue weighted by atomic mass is 10.1. The van der Waals surface area contributed by atoms with Gasteiger partial charge in [-0.2, -0.15) is 0 Å². The third-order valence-electron chi connectivity index (χ3n) is 5.84. The quantitative estimate of drug-likeness (QED) is 0.312. The van der Waals surface area contributed by atoms with Gasteiger partial charge >= 0.3 is 12.0 Å². The second-order valence-corrected chi connectivity index (χ2v) is 7.88. The average molecular weight is 457 g/mol. The Hall–Kier alpha value is -4.46. The number of hydrogen-bond acceptors (Lipinski definition) is 5. The number of amides is 2. The van der Waals surface area contributed by atoms with E-state index in [4.69, 9.17) is 13.9 Å². The lowest BCUT2D eigenvalue weighted by Crippen LogP contribution is -2.45. The van der Waals surface area contributed by atoms with Crippen LogP contribution in [0.15, 0.2) is 71.3 Å². The highest BCUT2D eigenvalue weighted by Crippen LogP contribution is 2.36. The number of H-pyrrole nitrogens is 1. The molecule has 172 valence electrons. The third kappa shape index (κ3) is 3.90. The van der Waals surface area contributed by atoms with Crippen LogP contribution in [0.2, 0.25) is 0 Å². The van der Waals surface area contributed by atoms with E-state index in [1.54, 1.807) is 6.07 Å². The number of hydrogen-bond donors (Lipinski definition) is 3. The van der Waals surface area contributed by atoms with E-state index >= 15 is 0 Å². The predicted molar refractivity (Wildman–Crippen MR) is 130 cm³/mol. The smallest absolute Gasteiger partial charge is 0.328 e. The zero-order valence-corrected chi connectivity index (χ0v) is 18.7. The van der Waals surface area contributed by atoms with Crippen LogP contribution in [-0.2, 0) is 16.0 Å². The highest BCUT2D eigenvalue weighted by molar-refractivity contribution is 6.07. The van der Waals surface area contributed by atoms with Gasteiger partial charge in [0.15, 0.2) is 0 Å². The molecule has 8 heteroatoms. The molecule has 3 N–H and O–H groups in total. The van der Waals surface area contributed by atoms with Crippen molar-refractivity contribution in [2.75, 3.05) is 19.5 Å². The lowest BCUT2D eigenvalue weighted by Gasteiger charge is -2.17. The number of furan rings is 1. The third-order valence-corrected chi connectivity index (χ3v) is 5.84. The number of para-hydroxylation sites is 2. The van der Waals surface area contributed by atoms with Crippen LogP contribution < -0.4 is 15.4 Å². The summed E-state index contributed by atoms with van der Waals surface area (Å²) >= 11 is 0. The zero-order chi connectivity index (χ0) is 23.7. The summed E-state index contributed by atoms with van der Waals surface area (Å²) in [6.07, 6.45) is 2.10. The standard InChI is InChI=1S/C26H23N3O5/c1-32-24-12-18-17-8-4-6-10-22(17)34-23(18)13-20(24)28-26(31)29-21(25(30)33-2)11-15-14-27-19-9-5-3-7-16(15)19/h3-10,12-14,21,27H,11H2,1-2H3,(H2,28,29,31). The highest BCUT2D eigenvalue weighted by atomic mass is 16.5. The van der Waals surface area contributed by atoms with Gasteiger partial charge in [-0.15, -0.1) is 0 Å². The maximum atomic E-state index is 12.9. The van der Waals surface area contributed by atoms with Gasteiger partial charge in [0.25, 0.3) is 0 Å². The highest BCUT2D eigenvalue weighted by Gasteiger charge is 2.24. The summed E-state index contributed by atoms with van der Waals surface area (Å²) in [5.41, 5.74) is 3.62. The molecule has 2 heterocycles. The molecule has 1 unspecified atom stereocenters. The molecule has 0 aliphatic carbocycles. The van der Waals surface area contributed by atoms with Crippen LogP contribution in [0.1, 0.15) is 5.56 Å². The Kier molecular flexibility index (Phi) is 5.55. The molecule has 8 nitrogen and oxygen atoms in total. The van der Waals surface area contributed by atoms with Crippen molar-refractivity contribution in [3.8, 4) is 5.75 Å². The minimum atomic E-state index is -0.884. The van der Waals surface area contributed by atoms with E-state index in [0.717, 1.165) is 32.8 Å². The fourth-order valence-electron chi connectivity index (χ4n) is 4.19. The fraction of sp³-hybridized carbons (Fsp3) is 0.154. The summed E-state index contributed by atoms with van der Waals surface area (Å²) in [4.78, 5) is 28.5. The van der Waals surface area contributed by atoms with Crippen LogP contribution in [0, 0.1) is 0 Å². The molecule has 0 fully saturated rings. The number of ether oxygens (including phenoxy) is 2. The molecule has 0 aliphatic heterocycles. The Morgan fingerprint density at radius 1 is 0.971 bits per heavy atom. The van der Waals surface area contributed by atoms with Crippen LogP contribution in [0.4, 0.5) is 10.5 Å². The number of carbonyl (C=O) groups is 2. The van der Waals surface area contributed by atoms with Gasteiger partial charge in [0.05, 0.1) is 19.9 Å². The normalized spacial score (nSPS) is 12.1. The second kappa shape index (κ2) is 8.82. The second-order valence-electron chi connectivity index (χ2n) is 7.88. The van der Waals surface area contributed by atoms with Crippen molar-refractivity contribution in [1.29, 1.82) is 0 Å². The first-order chi connectivity index (χ1) is 16.6. The monoisotopic (exact) mass is 457 g/mol. The Balaban J connectivity index is 1.39. The van der Waals surface area contributed by atoms with Crippen molar-refractivity contribution in [1.82, 2.24) is 10.3 Å². The van der Waals surface area contributed by atoms with Crippen molar-refractivity contribution in [3.63, 3.8) is 0 Å². The summed E-state index contributed by atoms with van der Waals surface area (Å²) in [7, 11) is 2.82. The minimum absolute atomic E-state index is 0.268. The number of benzene rings is 3. The number of fused-ring (bicyclic) bond motifs is 4. The van der Waals surface area contributed by atoms with Gasteiger partial charge < -0.3 is 29.5 Å². The number of urea groups is 1. The first kappa shape index (κ1) is 21.4. The molecule has 0 radical (unpaired) electrons. The number of nitrogens with one attached hydrogen (secondary N) is 3. The van der Waals surface area contributed by atoms with Crippen molar-refractivity contribution in [2.45, 2.75) is 12.5 Å². The molecule has 5 rings (SSSR count). The van der Waals surface area contributed by atoms with Crippen LogP contribution in [0.5, 0.6) is 5.75 Å². The summed E-state index contributed by atoms with van der Waals surface area (Å²) in [6.45, 7) is 0. The maximum absolute atomic E-state index is 12.9. The number of rotatable bonds is 6. The summed E-state index contributed by atoms with van der Waals surface area (Å²) in [6, 6.07) is 17.5. The Labute approximate surface area is 194 Å². The van der Waals surface area contributed by atoms with Crippen molar-refractivity contribution in [3.05, 3.63) is 72.4 Å². The van der Waals surface area contributed by atoms with E-state index in [1.807, 2.05) is 60.8 Å². The van der Waals surface area contributed by atoms with Gasteiger partial charge in [-0.25, -0.2) is 9.59 Å². The number of esters is 1. The van der Waals surface area contributed by atoms with E-state index in [-0.39, 0.29) is 6.42 Å². The molecule has 0 aliphatic rings. The summed E-state index contributed by atoms with van der Waals surface area (Å²) in [5, 5.41) is 8.31. The Morgan fingerprint density at radius 3 is 2.53 bits per heavy atom. The van der Waals surface area contributed by atoms with E-state index in [2.05, 4.69) is 15.6 Å². The molecule has 1 atom stereocenters. The molecule has 0 spiro atoms. The number of aromatic nitrogens is 1. The van der Waals surface area contributed by atoms with Crippen LogP contribution >= 0.6 is 0 Å². The SMILES string of the molecule is COC(=O)C(Cc1c[nH]c2ccccc12)NC(=O)Nc1cc2oc3ccccc3c2cc1OC. The minimum Gasteiger partial charge on any atom is -0.495 e. The number of methoxy groups -OCH3 is 2. The lowest BCUT2D eigenvalue weighted by molar-refractivity contribution is -0.142. The van der Waals surface area contributed by atoms with Crippen LogP contribution in [0.25, 0.3) is 32.8 Å². The molecule has 34 heavy (non-hydrogen) atoms. The molecular weight excluding hydrogens is 434 g/mol. The summed E-state index contributed by atoms with van der Waals surface area (Å²) < 4.78 is 16.3. The fourth-order valence-corrected chi connectivity index (χ4v) is 4.19. The van der Waals surface area contributed by atoms with Crippen molar-refractivity contribution >= 4 is 50.5 Å². The molecule has 2 amide bonds. The maximum Gasteiger partial charge on any atom is 0.328 e. The van der Waals surface area contributed by atoms with Gasteiger partial charge in [-0.1, -0.05) is 36.4 Å². The largest absolute Gasteiger partial charge is 0.495 e. The molecule has 5 aromatic rings. The van der Waals surface area contributed by atoms with Crippen molar-refractivity contribution < 1.29 is 23.5 Å². The topological polar surface area (TPSA) is 106 Å². The number of carbonyl (C=O) groups excluding carboxylic acids is 2. The van der Waals surface area contributed by atoms with Gasteiger partial charge in [0.1, 0.15) is 23.0 Å². The zero-order valence-electron chi connectivity index (χ0n) is 18.7. The van der Waals surface area contributed by atoms with Crippen molar-refractivity contribution in [2.24, 2.45) is 0 Å². The molecule has 2 aromatic heterocycles. The first-order valence-corrected chi connectivity index (χ1v) is 10.8. The Bertz CT molecular complexity index is 1520. The van der Waals surface area contributed by atoms with Gasteiger partial charge in [-0.05, 0) is 23.8 Å². The van der Waals surface area contributed by atoms with E-state index in [0.29, 0.717) is 17.0 Å². The molecule has 3 aromatic carbocycles. The number of anilines is 1. The molecular formula is C26H23N3O5. The van der Waals surface area contributed by atoms with E-state index in [9.17, 15) is 9.59 Å². The van der Waals surface area contributed by atoms with Gasteiger partial charge in [0.2, 0.25) is 0 Å². The summed E-state index contributed by atoms with van der Waals surface area (Å²) in [5.74, 6) is -0.0689. The van der Waals surface area contributed by atoms with E-state index in [1.165, 1.54) is 14.2 Å². The molecule has 0 saturated carbocycles. The molecule has 0 bridgehead atoms. The van der Waals surface area contributed by atoms with Crippen LogP contribution in [-0.4, -0.2) is 37.2 Å². The molecule has 0 saturated heterocycles.